The van der Waals surface area contributed by atoms with Gasteiger partial charge in [0, 0.05) is 30.3 Å². The Morgan fingerprint density at radius 2 is 1.63 bits per heavy atom. The van der Waals surface area contributed by atoms with Gasteiger partial charge in [0.15, 0.2) is 0 Å². The quantitative estimate of drug-likeness (QED) is 0.353. The van der Waals surface area contributed by atoms with Crippen molar-refractivity contribution in [3.8, 4) is 11.5 Å². The molecule has 1 aliphatic heterocycles. The van der Waals surface area contributed by atoms with Crippen LogP contribution in [0.5, 0.6) is 0 Å². The fraction of sp³-hybridized carbons (Fsp3) is 0.211. The van der Waals surface area contributed by atoms with Gasteiger partial charge >= 0.3 is 0 Å². The van der Waals surface area contributed by atoms with Crippen molar-refractivity contribution in [1.29, 1.82) is 0 Å². The van der Waals surface area contributed by atoms with Crippen LogP contribution in [0.2, 0.25) is 0 Å². The minimum absolute atomic E-state index is 0.206. The van der Waals surface area contributed by atoms with Crippen molar-refractivity contribution in [2.24, 2.45) is 0 Å². The molecule has 2 amide bonds. The summed E-state index contributed by atoms with van der Waals surface area (Å²) < 4.78 is 5.62. The van der Waals surface area contributed by atoms with Crippen LogP contribution in [0.3, 0.4) is 0 Å². The summed E-state index contributed by atoms with van der Waals surface area (Å²) in [6.45, 7) is 0.416. The van der Waals surface area contributed by atoms with Gasteiger partial charge in [-0.25, -0.2) is 0 Å². The van der Waals surface area contributed by atoms with E-state index in [1.807, 2.05) is 12.1 Å². The van der Waals surface area contributed by atoms with Crippen molar-refractivity contribution >= 4 is 23.6 Å². The first-order valence-corrected chi connectivity index (χ1v) is 9.54. The van der Waals surface area contributed by atoms with Crippen molar-refractivity contribution in [3.05, 3.63) is 59.9 Å². The lowest BCUT2D eigenvalue weighted by Gasteiger charge is -2.13. The lowest BCUT2D eigenvalue weighted by Crippen LogP contribution is -2.30. The van der Waals surface area contributed by atoms with E-state index in [0.29, 0.717) is 28.8 Å². The van der Waals surface area contributed by atoms with Gasteiger partial charge in [-0.05, 0) is 37.1 Å². The molecule has 0 aliphatic carbocycles. The number of thioether (sulfide) groups is 1. The molecule has 0 N–H and O–H groups in total. The van der Waals surface area contributed by atoms with Crippen LogP contribution >= 0.6 is 11.8 Å². The summed E-state index contributed by atoms with van der Waals surface area (Å²) >= 11 is 1.46. The summed E-state index contributed by atoms with van der Waals surface area (Å²) in [5.74, 6) is 0.816. The van der Waals surface area contributed by atoms with Crippen LogP contribution < -0.4 is 0 Å². The molecule has 0 unspecified atom stereocenters. The molecule has 0 saturated carbocycles. The second-order valence-electron chi connectivity index (χ2n) is 5.97. The Bertz CT molecular complexity index is 939. The van der Waals surface area contributed by atoms with Gasteiger partial charge in [0.25, 0.3) is 17.0 Å². The molecule has 0 fully saturated rings. The highest BCUT2D eigenvalue weighted by atomic mass is 32.2. The molecule has 136 valence electrons. The molecule has 1 aromatic carbocycles. The van der Waals surface area contributed by atoms with E-state index in [-0.39, 0.29) is 11.8 Å². The third kappa shape index (κ3) is 3.61. The second-order valence-corrected chi connectivity index (χ2v) is 7.02. The van der Waals surface area contributed by atoms with E-state index in [9.17, 15) is 9.59 Å². The van der Waals surface area contributed by atoms with E-state index < -0.39 is 0 Å². The molecule has 7 nitrogen and oxygen atoms in total. The molecule has 0 atom stereocenters. The Hall–Kier alpha value is -3.00. The van der Waals surface area contributed by atoms with Gasteiger partial charge in [0.2, 0.25) is 5.89 Å². The number of amides is 2. The highest BCUT2D eigenvalue weighted by Crippen LogP contribution is 2.25. The number of hydrogen-bond acceptors (Lipinski definition) is 7. The summed E-state index contributed by atoms with van der Waals surface area (Å²) in [6, 6.07) is 10.6. The van der Waals surface area contributed by atoms with Crippen LogP contribution in [0.15, 0.2) is 58.4 Å². The van der Waals surface area contributed by atoms with E-state index in [4.69, 9.17) is 4.42 Å². The number of carbonyl (C=O) groups is 2. The zero-order valence-electron chi connectivity index (χ0n) is 14.4. The van der Waals surface area contributed by atoms with Gasteiger partial charge in [0.05, 0.1) is 11.1 Å². The van der Waals surface area contributed by atoms with Crippen molar-refractivity contribution < 1.29 is 14.0 Å². The summed E-state index contributed by atoms with van der Waals surface area (Å²) in [6.07, 6.45) is 4.89. The van der Waals surface area contributed by atoms with Crippen LogP contribution in [0.1, 0.15) is 33.6 Å². The number of fused-ring (bicyclic) bond motifs is 1. The minimum Gasteiger partial charge on any atom is -0.411 e. The average Bonchev–Trinajstić information content (AvgIpc) is 3.27. The van der Waals surface area contributed by atoms with Gasteiger partial charge in [-0.15, -0.1) is 10.2 Å². The summed E-state index contributed by atoms with van der Waals surface area (Å²) in [7, 11) is 0. The van der Waals surface area contributed by atoms with Crippen LogP contribution in [-0.2, 0) is 0 Å². The molecular formula is C19H16N4O3S. The number of rotatable bonds is 7. The molecule has 1 aliphatic rings. The Morgan fingerprint density at radius 1 is 0.926 bits per heavy atom. The maximum absolute atomic E-state index is 12.3. The largest absolute Gasteiger partial charge is 0.411 e. The number of carbonyl (C=O) groups excluding carboxylic acids is 2. The Balaban J connectivity index is 1.24. The topological polar surface area (TPSA) is 89.2 Å². The van der Waals surface area contributed by atoms with Crippen LogP contribution in [0.4, 0.5) is 0 Å². The van der Waals surface area contributed by atoms with Crippen molar-refractivity contribution in [2.75, 3.05) is 12.3 Å². The molecule has 0 spiro atoms. The summed E-state index contributed by atoms with van der Waals surface area (Å²) in [4.78, 5) is 29.9. The predicted molar refractivity (Wildman–Crippen MR) is 99.3 cm³/mol. The molecule has 0 saturated heterocycles. The molecule has 0 radical (unpaired) electrons. The van der Waals surface area contributed by atoms with Gasteiger partial charge in [-0.3, -0.25) is 19.5 Å². The monoisotopic (exact) mass is 380 g/mol. The molecule has 4 rings (SSSR count). The zero-order valence-corrected chi connectivity index (χ0v) is 15.2. The van der Waals surface area contributed by atoms with E-state index in [2.05, 4.69) is 15.2 Å². The minimum atomic E-state index is -0.206. The number of benzene rings is 1. The lowest BCUT2D eigenvalue weighted by atomic mass is 10.1. The first-order valence-electron chi connectivity index (χ1n) is 8.56. The number of imide groups is 1. The van der Waals surface area contributed by atoms with Crippen molar-refractivity contribution in [3.63, 3.8) is 0 Å². The number of aromatic nitrogens is 3. The zero-order chi connectivity index (χ0) is 18.6. The Morgan fingerprint density at radius 3 is 2.33 bits per heavy atom. The maximum Gasteiger partial charge on any atom is 0.276 e. The van der Waals surface area contributed by atoms with Crippen LogP contribution in [0.25, 0.3) is 11.5 Å². The molecule has 2 aromatic heterocycles. The highest BCUT2D eigenvalue weighted by molar-refractivity contribution is 7.99. The molecule has 8 heteroatoms. The summed E-state index contributed by atoms with van der Waals surface area (Å²) in [5.41, 5.74) is 1.81. The molecule has 3 aromatic rings. The third-order valence-electron chi connectivity index (χ3n) is 4.21. The maximum atomic E-state index is 12.3. The predicted octanol–water partition coefficient (Wildman–Crippen LogP) is 3.30. The molecule has 0 bridgehead atoms. The first-order chi connectivity index (χ1) is 13.2. The first kappa shape index (κ1) is 17.4. The Kier molecular flexibility index (Phi) is 4.97. The number of nitrogens with zero attached hydrogens (tertiary/aromatic N) is 4. The van der Waals surface area contributed by atoms with E-state index >= 15 is 0 Å². The molecule has 3 heterocycles. The molecule has 27 heavy (non-hydrogen) atoms. The van der Waals surface area contributed by atoms with Crippen molar-refractivity contribution in [2.45, 2.75) is 18.1 Å². The number of pyridine rings is 1. The fourth-order valence-electron chi connectivity index (χ4n) is 2.85. The normalized spacial score (nSPS) is 13.3. The van der Waals surface area contributed by atoms with Gasteiger partial charge in [-0.1, -0.05) is 23.9 Å². The Labute approximate surface area is 159 Å². The third-order valence-corrected chi connectivity index (χ3v) is 5.12. The molecular weight excluding hydrogens is 364 g/mol. The van der Waals surface area contributed by atoms with E-state index in [1.54, 1.807) is 36.7 Å². The standard InChI is InChI=1S/C19H16N4O3S/c24-17-14-5-1-2-6-15(14)18(25)23(17)11-3-4-12-27-19-22-21-16(26-19)13-7-9-20-10-8-13/h1-2,5-10H,3-4,11-12H2. The smallest absolute Gasteiger partial charge is 0.276 e. The lowest BCUT2D eigenvalue weighted by molar-refractivity contribution is 0.0652. The van der Waals surface area contributed by atoms with Crippen LogP contribution in [-0.4, -0.2) is 44.2 Å². The number of unbranched alkanes of at least 4 members (excludes halogenated alkanes) is 1. The fourth-order valence-corrected chi connectivity index (χ4v) is 3.61. The van der Waals surface area contributed by atoms with E-state index in [0.717, 1.165) is 24.2 Å². The summed E-state index contributed by atoms with van der Waals surface area (Å²) in [5, 5.41) is 8.56. The number of hydrogen-bond donors (Lipinski definition) is 0. The van der Waals surface area contributed by atoms with E-state index in [1.165, 1.54) is 16.7 Å². The SMILES string of the molecule is O=C1c2ccccc2C(=O)N1CCCCSc1nnc(-c2ccncc2)o1. The average molecular weight is 380 g/mol. The van der Waals surface area contributed by atoms with Gasteiger partial charge in [-0.2, -0.15) is 0 Å². The highest BCUT2D eigenvalue weighted by Gasteiger charge is 2.34. The van der Waals surface area contributed by atoms with Gasteiger partial charge in [0.1, 0.15) is 0 Å². The van der Waals surface area contributed by atoms with Gasteiger partial charge < -0.3 is 4.42 Å². The van der Waals surface area contributed by atoms with Crippen molar-refractivity contribution in [1.82, 2.24) is 20.1 Å². The van der Waals surface area contributed by atoms with Crippen LogP contribution in [0, 0.1) is 0 Å². The second kappa shape index (κ2) is 7.71.